The number of alkyl halides is 3. The lowest BCUT2D eigenvalue weighted by molar-refractivity contribution is -0.154. The third-order valence-corrected chi connectivity index (χ3v) is 8.47. The molecule has 37 heavy (non-hydrogen) atoms. The van der Waals surface area contributed by atoms with Crippen LogP contribution in [0.25, 0.3) is 0 Å². The van der Waals surface area contributed by atoms with Crippen molar-refractivity contribution in [2.24, 2.45) is 23.7 Å². The molecular formula is C24H24BrF3N6O3. The molecule has 1 aromatic carbocycles. The fourth-order valence-corrected chi connectivity index (χ4v) is 6.57. The number of hydrogen-bond acceptors (Lipinski definition) is 7. The zero-order chi connectivity index (χ0) is 26.1. The maximum atomic E-state index is 13.3. The lowest BCUT2D eigenvalue weighted by Gasteiger charge is -2.42. The van der Waals surface area contributed by atoms with Crippen LogP contribution >= 0.6 is 15.9 Å². The van der Waals surface area contributed by atoms with Gasteiger partial charge in [0, 0.05) is 31.7 Å². The Morgan fingerprint density at radius 3 is 2.22 bits per heavy atom. The summed E-state index contributed by atoms with van der Waals surface area (Å²) in [6.07, 6.45) is -4.48. The number of aryl methyl sites for hydroxylation is 1. The highest BCUT2D eigenvalue weighted by atomic mass is 79.9. The Balaban J connectivity index is 1.09. The van der Waals surface area contributed by atoms with Gasteiger partial charge in [-0.3, -0.25) is 9.59 Å². The first-order chi connectivity index (χ1) is 17.6. The first-order valence-electron chi connectivity index (χ1n) is 12.0. The van der Waals surface area contributed by atoms with Gasteiger partial charge in [0.2, 0.25) is 5.88 Å². The summed E-state index contributed by atoms with van der Waals surface area (Å²) < 4.78 is 42.5. The molecule has 9 nitrogen and oxygen atoms in total. The number of fused-ring (bicyclic) bond motifs is 5. The largest absolute Gasteiger partial charge is 0.467 e. The average Bonchev–Trinajstić information content (AvgIpc) is 3.56. The SMILES string of the molecule is Cc1nc(OCC(F)(F)F)c(Br)cc1C(=O)N1C[C@@H]2[C@H]3CN(C(=O)c4ccc5c(c4)NNN5)C[C@H]3[C@@H]2C1. The second-order valence-electron chi connectivity index (χ2n) is 10.0. The van der Waals surface area contributed by atoms with E-state index in [1.54, 1.807) is 11.8 Å². The lowest BCUT2D eigenvalue weighted by atomic mass is 9.60. The van der Waals surface area contributed by atoms with E-state index in [1.165, 1.54) is 6.07 Å². The van der Waals surface area contributed by atoms with Gasteiger partial charge < -0.3 is 25.4 Å². The molecule has 4 aliphatic rings. The van der Waals surface area contributed by atoms with E-state index >= 15 is 0 Å². The van der Waals surface area contributed by atoms with Crippen LogP contribution in [0.3, 0.4) is 0 Å². The number of rotatable bonds is 4. The second-order valence-corrected chi connectivity index (χ2v) is 10.9. The number of amides is 2. The van der Waals surface area contributed by atoms with Crippen LogP contribution in [0.4, 0.5) is 24.5 Å². The molecular weight excluding hydrogens is 557 g/mol. The van der Waals surface area contributed by atoms with E-state index in [2.05, 4.69) is 37.3 Å². The number of likely N-dealkylation sites (tertiary alicyclic amines) is 2. The van der Waals surface area contributed by atoms with Gasteiger partial charge in [0.05, 0.1) is 27.1 Å². The number of nitrogens with zero attached hydrogens (tertiary/aromatic N) is 3. The van der Waals surface area contributed by atoms with Gasteiger partial charge in [-0.1, -0.05) is 0 Å². The highest BCUT2D eigenvalue weighted by Gasteiger charge is 2.59. The molecule has 0 radical (unpaired) electrons. The molecule has 1 aliphatic carbocycles. The Labute approximate surface area is 218 Å². The van der Waals surface area contributed by atoms with E-state index < -0.39 is 12.8 Å². The minimum atomic E-state index is -4.48. The fraction of sp³-hybridized carbons (Fsp3) is 0.458. The number of hydrazine groups is 2. The van der Waals surface area contributed by atoms with Gasteiger partial charge in [-0.2, -0.15) is 13.2 Å². The molecule has 0 bridgehead atoms. The lowest BCUT2D eigenvalue weighted by Crippen LogP contribution is -2.44. The highest BCUT2D eigenvalue weighted by Crippen LogP contribution is 2.54. The van der Waals surface area contributed by atoms with E-state index in [1.807, 2.05) is 23.1 Å². The van der Waals surface area contributed by atoms with Gasteiger partial charge >= 0.3 is 6.18 Å². The number of carbonyl (C=O) groups excluding carboxylic acids is 2. The van der Waals surface area contributed by atoms with Crippen LogP contribution in [0.1, 0.15) is 26.4 Å². The molecule has 4 heterocycles. The predicted octanol–water partition coefficient (Wildman–Crippen LogP) is 3.44. The summed E-state index contributed by atoms with van der Waals surface area (Å²) in [5.41, 5.74) is 11.7. The van der Waals surface area contributed by atoms with Crippen LogP contribution < -0.4 is 21.1 Å². The van der Waals surface area contributed by atoms with Gasteiger partial charge in [0.1, 0.15) is 0 Å². The zero-order valence-corrected chi connectivity index (χ0v) is 21.3. The molecule has 3 N–H and O–H groups in total. The van der Waals surface area contributed by atoms with Crippen LogP contribution in [-0.2, 0) is 0 Å². The van der Waals surface area contributed by atoms with Gasteiger partial charge in [0.15, 0.2) is 6.61 Å². The molecule has 2 saturated heterocycles. The van der Waals surface area contributed by atoms with Crippen molar-refractivity contribution in [3.8, 4) is 5.88 Å². The first kappa shape index (κ1) is 24.3. The van der Waals surface area contributed by atoms with Crippen molar-refractivity contribution >= 4 is 39.1 Å². The molecule has 2 aromatic rings. The standard InChI is InChI=1S/C24H24BrF3N6O3/c1-11-13(5-18(25)21(29-11)37-10-24(26,27)28)23(36)34-8-16-14-6-33(7-15(14)17(16)9-34)22(35)12-2-3-19-20(4-12)31-32-30-19/h2-5,14-17,30-32H,6-10H2,1H3/t14-,15+,16+,17-. The molecule has 4 atom stereocenters. The number of anilines is 2. The van der Waals surface area contributed by atoms with Gasteiger partial charge in [0.25, 0.3) is 11.8 Å². The number of aromatic nitrogens is 1. The smallest absolute Gasteiger partial charge is 0.422 e. The van der Waals surface area contributed by atoms with E-state index in [9.17, 15) is 22.8 Å². The zero-order valence-electron chi connectivity index (χ0n) is 19.7. The summed E-state index contributed by atoms with van der Waals surface area (Å²) in [7, 11) is 0. The van der Waals surface area contributed by atoms with Gasteiger partial charge in [-0.25, -0.2) is 4.98 Å². The van der Waals surface area contributed by atoms with Crippen LogP contribution in [0.2, 0.25) is 0 Å². The van der Waals surface area contributed by atoms with Crippen LogP contribution in [0.15, 0.2) is 28.7 Å². The van der Waals surface area contributed by atoms with Crippen molar-refractivity contribution in [3.63, 3.8) is 0 Å². The number of pyridine rings is 1. The van der Waals surface area contributed by atoms with Crippen molar-refractivity contribution in [2.45, 2.75) is 13.1 Å². The number of carbonyl (C=O) groups is 2. The van der Waals surface area contributed by atoms with Crippen LogP contribution in [0, 0.1) is 30.6 Å². The van der Waals surface area contributed by atoms with Crippen molar-refractivity contribution in [3.05, 3.63) is 45.6 Å². The van der Waals surface area contributed by atoms with Crippen LogP contribution in [-0.4, -0.2) is 65.6 Å². The summed E-state index contributed by atoms with van der Waals surface area (Å²) in [6, 6.07) is 7.00. The first-order valence-corrected chi connectivity index (χ1v) is 12.7. The molecule has 3 aliphatic heterocycles. The predicted molar refractivity (Wildman–Crippen MR) is 131 cm³/mol. The van der Waals surface area contributed by atoms with E-state index in [4.69, 9.17) is 4.74 Å². The molecule has 6 rings (SSSR count). The quantitative estimate of drug-likeness (QED) is 0.509. The number of benzene rings is 1. The van der Waals surface area contributed by atoms with Crippen molar-refractivity contribution < 1.29 is 27.5 Å². The Morgan fingerprint density at radius 1 is 1.00 bits per heavy atom. The van der Waals surface area contributed by atoms with Crippen molar-refractivity contribution in [2.75, 3.05) is 43.6 Å². The number of halogens is 4. The molecule has 13 heteroatoms. The molecule has 1 aromatic heterocycles. The molecule has 0 unspecified atom stereocenters. The number of nitrogens with one attached hydrogen (secondary N) is 3. The summed E-state index contributed by atoms with van der Waals surface area (Å²) >= 11 is 3.18. The van der Waals surface area contributed by atoms with Crippen molar-refractivity contribution in [1.29, 1.82) is 0 Å². The fourth-order valence-electron chi connectivity index (χ4n) is 6.14. The number of hydrogen-bond donors (Lipinski definition) is 3. The van der Waals surface area contributed by atoms with E-state index in [0.717, 1.165) is 11.4 Å². The second kappa shape index (κ2) is 8.76. The van der Waals surface area contributed by atoms with Crippen molar-refractivity contribution in [1.82, 2.24) is 20.3 Å². The van der Waals surface area contributed by atoms with Crippen LogP contribution in [0.5, 0.6) is 5.88 Å². The maximum Gasteiger partial charge on any atom is 0.422 e. The van der Waals surface area contributed by atoms with Gasteiger partial charge in [-0.05, 0) is 70.8 Å². The minimum absolute atomic E-state index is 0.0105. The molecule has 0 spiro atoms. The third kappa shape index (κ3) is 4.27. The number of ether oxygens (including phenoxy) is 1. The molecule has 1 saturated carbocycles. The van der Waals surface area contributed by atoms with Gasteiger partial charge in [-0.15, -0.1) is 5.53 Å². The Morgan fingerprint density at radius 2 is 1.59 bits per heavy atom. The summed E-state index contributed by atoms with van der Waals surface area (Å²) in [4.78, 5) is 34.3. The minimum Gasteiger partial charge on any atom is -0.467 e. The molecule has 196 valence electrons. The Kier molecular flexibility index (Phi) is 5.75. The van der Waals surface area contributed by atoms with E-state index in [0.29, 0.717) is 66.7 Å². The monoisotopic (exact) mass is 580 g/mol. The summed E-state index contributed by atoms with van der Waals surface area (Å²) in [5, 5.41) is 0. The Bertz CT molecular complexity index is 1270. The molecule has 2 amide bonds. The normalized spacial score (nSPS) is 25.5. The third-order valence-electron chi connectivity index (χ3n) is 7.90. The Hall–Kier alpha value is -3.06. The topological polar surface area (TPSA) is 98.8 Å². The summed E-state index contributed by atoms with van der Waals surface area (Å²) in [5.74, 6) is 0.982. The molecule has 3 fully saturated rings. The highest BCUT2D eigenvalue weighted by molar-refractivity contribution is 9.10. The maximum absolute atomic E-state index is 13.3. The summed E-state index contributed by atoms with van der Waals surface area (Å²) in [6.45, 7) is 2.66. The van der Waals surface area contributed by atoms with E-state index in [-0.39, 0.29) is 22.2 Å². The average molecular weight is 581 g/mol.